The van der Waals surface area contributed by atoms with Crippen LogP contribution in [0.4, 0.5) is 29.1 Å². The van der Waals surface area contributed by atoms with E-state index < -0.39 is 36.0 Å². The van der Waals surface area contributed by atoms with Crippen LogP contribution in [0.25, 0.3) is 22.4 Å². The number of methoxy groups -OCH3 is 1. The van der Waals surface area contributed by atoms with Crippen LogP contribution in [0.15, 0.2) is 37.1 Å². The predicted octanol–water partition coefficient (Wildman–Crippen LogP) is 3.09. The first kappa shape index (κ1) is 29.4. The van der Waals surface area contributed by atoms with E-state index in [9.17, 15) is 18.3 Å². The molecule has 5 N–H and O–H groups in total. The Bertz CT molecular complexity index is 1590. The highest BCUT2D eigenvalue weighted by atomic mass is 19.3. The van der Waals surface area contributed by atoms with Crippen molar-refractivity contribution in [3.8, 4) is 17.0 Å². The SMILES string of the molecule is COC(C)Oc1cc(F)c(-c2cc(Cn3cnc4c(N)ncnc43)c(N3CCC[C@](N)([C@H](O)C(F)F)C3)cn2)cc1F. The molecule has 42 heavy (non-hydrogen) atoms. The quantitative estimate of drug-likeness (QED) is 0.196. The highest BCUT2D eigenvalue weighted by Crippen LogP contribution is 2.35. The van der Waals surface area contributed by atoms with Crippen molar-refractivity contribution in [1.82, 2.24) is 24.5 Å². The lowest BCUT2D eigenvalue weighted by Crippen LogP contribution is -2.63. The molecular formula is C27H30F4N8O3. The molecule has 0 radical (unpaired) electrons. The molecule has 1 saturated heterocycles. The molecule has 0 aliphatic carbocycles. The lowest BCUT2D eigenvalue weighted by Gasteiger charge is -2.44. The Labute approximate surface area is 238 Å². The van der Waals surface area contributed by atoms with Crippen LogP contribution in [0.3, 0.4) is 0 Å². The molecular weight excluding hydrogens is 560 g/mol. The molecule has 0 amide bonds. The number of aliphatic hydroxyl groups excluding tert-OH is 1. The van der Waals surface area contributed by atoms with Crippen molar-refractivity contribution in [2.24, 2.45) is 5.73 Å². The van der Waals surface area contributed by atoms with Crippen LogP contribution < -0.4 is 21.1 Å². The van der Waals surface area contributed by atoms with Gasteiger partial charge in [0, 0.05) is 31.8 Å². The van der Waals surface area contributed by atoms with Crippen LogP contribution >= 0.6 is 0 Å². The summed E-state index contributed by atoms with van der Waals surface area (Å²) in [5, 5.41) is 10.2. The number of ether oxygens (including phenoxy) is 2. The Hall–Kier alpha value is -4.08. The zero-order valence-corrected chi connectivity index (χ0v) is 22.8. The van der Waals surface area contributed by atoms with E-state index in [1.54, 1.807) is 15.5 Å². The van der Waals surface area contributed by atoms with Crippen LogP contribution in [-0.4, -0.2) is 74.2 Å². The third-order valence-electron chi connectivity index (χ3n) is 7.38. The summed E-state index contributed by atoms with van der Waals surface area (Å²) in [4.78, 5) is 18.6. The molecule has 224 valence electrons. The molecule has 3 aromatic heterocycles. The van der Waals surface area contributed by atoms with Crippen LogP contribution in [0.2, 0.25) is 0 Å². The van der Waals surface area contributed by atoms with Gasteiger partial charge in [0.25, 0.3) is 6.43 Å². The number of halogens is 4. The second-order valence-corrected chi connectivity index (χ2v) is 10.2. The number of hydrogen-bond donors (Lipinski definition) is 3. The smallest absolute Gasteiger partial charge is 0.265 e. The number of anilines is 2. The van der Waals surface area contributed by atoms with Crippen molar-refractivity contribution < 1.29 is 32.1 Å². The first-order valence-electron chi connectivity index (χ1n) is 13.1. The van der Waals surface area contributed by atoms with Crippen LogP contribution in [-0.2, 0) is 11.3 Å². The summed E-state index contributed by atoms with van der Waals surface area (Å²) in [7, 11) is 1.37. The van der Waals surface area contributed by atoms with Gasteiger partial charge in [0.2, 0.25) is 0 Å². The summed E-state index contributed by atoms with van der Waals surface area (Å²) in [6, 6.07) is 3.46. The zero-order valence-electron chi connectivity index (χ0n) is 22.8. The van der Waals surface area contributed by atoms with Crippen molar-refractivity contribution in [3.63, 3.8) is 0 Å². The highest BCUT2D eigenvalue weighted by Gasteiger charge is 2.43. The van der Waals surface area contributed by atoms with Gasteiger partial charge in [-0.05, 0) is 37.5 Å². The van der Waals surface area contributed by atoms with E-state index in [1.165, 1.54) is 32.9 Å². The number of nitrogens with zero attached hydrogens (tertiary/aromatic N) is 6. The predicted molar refractivity (Wildman–Crippen MR) is 146 cm³/mol. The van der Waals surface area contributed by atoms with Crippen molar-refractivity contribution in [2.75, 3.05) is 30.8 Å². The number of aromatic nitrogens is 5. The number of rotatable bonds is 9. The summed E-state index contributed by atoms with van der Waals surface area (Å²) in [6.07, 6.45) is -0.991. The van der Waals surface area contributed by atoms with Crippen molar-refractivity contribution in [1.29, 1.82) is 0 Å². The topological polar surface area (TPSA) is 150 Å². The standard InChI is InChI=1S/C27H30F4N8O3/c1-14(41-2)42-21-8-17(28)16(7-18(21)29)19-6-15(10-39-13-37-22-25(32)35-12-36-26(22)39)20(9-34-19)38-5-3-4-27(33,11-38)23(40)24(30)31/h6-9,12-14,23-24,40H,3-5,10-11,33H2,1-2H3,(H2,32,35,36)/t14?,23-,27-/m1/s1. The number of pyridine rings is 1. The number of nitrogens with two attached hydrogens (primary N) is 2. The number of imidazole rings is 1. The summed E-state index contributed by atoms with van der Waals surface area (Å²) in [6.45, 7) is 2.02. The Morgan fingerprint density at radius 2 is 1.90 bits per heavy atom. The van der Waals surface area contributed by atoms with Gasteiger partial charge >= 0.3 is 0 Å². The number of hydrogen-bond acceptors (Lipinski definition) is 10. The van der Waals surface area contributed by atoms with Gasteiger partial charge in [-0.2, -0.15) is 0 Å². The van der Waals surface area contributed by atoms with Gasteiger partial charge in [0.15, 0.2) is 29.3 Å². The lowest BCUT2D eigenvalue weighted by atomic mass is 9.84. The second-order valence-electron chi connectivity index (χ2n) is 10.2. The first-order valence-corrected chi connectivity index (χ1v) is 13.1. The fourth-order valence-electron chi connectivity index (χ4n) is 5.10. The number of benzene rings is 1. The molecule has 5 rings (SSSR count). The summed E-state index contributed by atoms with van der Waals surface area (Å²) < 4.78 is 69.0. The number of nitrogen functional groups attached to an aromatic ring is 1. The van der Waals surface area contributed by atoms with E-state index >= 15 is 4.39 Å². The van der Waals surface area contributed by atoms with E-state index in [4.69, 9.17) is 20.9 Å². The van der Waals surface area contributed by atoms with Crippen molar-refractivity contribution >= 4 is 22.7 Å². The third-order valence-corrected chi connectivity index (χ3v) is 7.38. The molecule has 1 fully saturated rings. The molecule has 4 heterocycles. The molecule has 1 aromatic carbocycles. The minimum Gasteiger partial charge on any atom is -0.462 e. The second kappa shape index (κ2) is 11.7. The summed E-state index contributed by atoms with van der Waals surface area (Å²) in [5.74, 6) is -1.74. The Balaban J connectivity index is 1.57. The maximum atomic E-state index is 15.3. The van der Waals surface area contributed by atoms with Gasteiger partial charge in [-0.3, -0.25) is 4.98 Å². The van der Waals surface area contributed by atoms with Crippen LogP contribution in [0.5, 0.6) is 5.75 Å². The summed E-state index contributed by atoms with van der Waals surface area (Å²) >= 11 is 0. The van der Waals surface area contributed by atoms with Gasteiger partial charge in [-0.1, -0.05) is 0 Å². The van der Waals surface area contributed by atoms with Crippen molar-refractivity contribution in [3.05, 3.63) is 54.2 Å². The minimum absolute atomic E-state index is 0.0843. The average molecular weight is 591 g/mol. The van der Waals surface area contributed by atoms with Gasteiger partial charge in [-0.15, -0.1) is 0 Å². The van der Waals surface area contributed by atoms with Gasteiger partial charge in [-0.25, -0.2) is 32.5 Å². The van der Waals surface area contributed by atoms with Gasteiger partial charge < -0.3 is 35.5 Å². The van der Waals surface area contributed by atoms with Gasteiger partial charge in [0.1, 0.15) is 23.8 Å². The highest BCUT2D eigenvalue weighted by molar-refractivity contribution is 5.81. The molecule has 0 saturated carbocycles. The molecule has 4 aromatic rings. The number of fused-ring (bicyclic) bond motifs is 1. The van der Waals surface area contributed by atoms with E-state index in [-0.39, 0.29) is 42.3 Å². The number of piperidine rings is 1. The van der Waals surface area contributed by atoms with E-state index in [1.807, 2.05) is 0 Å². The number of aliphatic hydroxyl groups is 1. The van der Waals surface area contributed by atoms with E-state index in [0.29, 0.717) is 35.4 Å². The van der Waals surface area contributed by atoms with E-state index in [0.717, 1.165) is 12.1 Å². The fraction of sp³-hybridized carbons (Fsp3) is 0.407. The molecule has 0 spiro atoms. The maximum absolute atomic E-state index is 15.3. The fourth-order valence-corrected chi connectivity index (χ4v) is 5.10. The lowest BCUT2D eigenvalue weighted by molar-refractivity contribution is -0.0529. The molecule has 0 bridgehead atoms. The Morgan fingerprint density at radius 1 is 1.12 bits per heavy atom. The molecule has 11 nitrogen and oxygen atoms in total. The molecule has 1 aliphatic rings. The molecule has 1 aliphatic heterocycles. The number of alkyl halides is 2. The first-order chi connectivity index (χ1) is 20.0. The van der Waals surface area contributed by atoms with Gasteiger partial charge in [0.05, 0.1) is 36.0 Å². The Kier molecular flexibility index (Phi) is 8.17. The normalized spacial score (nSPS) is 18.9. The monoisotopic (exact) mass is 590 g/mol. The van der Waals surface area contributed by atoms with Crippen LogP contribution in [0.1, 0.15) is 25.3 Å². The van der Waals surface area contributed by atoms with Crippen LogP contribution in [0, 0.1) is 11.6 Å². The zero-order chi connectivity index (χ0) is 30.2. The Morgan fingerprint density at radius 3 is 2.64 bits per heavy atom. The van der Waals surface area contributed by atoms with Crippen molar-refractivity contribution in [2.45, 2.75) is 50.7 Å². The average Bonchev–Trinajstić information content (AvgIpc) is 3.38. The third kappa shape index (κ3) is 5.67. The molecule has 1 unspecified atom stereocenters. The summed E-state index contributed by atoms with van der Waals surface area (Å²) in [5.41, 5.74) is 12.5. The maximum Gasteiger partial charge on any atom is 0.265 e. The minimum atomic E-state index is -3.02. The molecule has 15 heteroatoms. The largest absolute Gasteiger partial charge is 0.462 e. The van der Waals surface area contributed by atoms with E-state index in [2.05, 4.69) is 19.9 Å². The molecule has 3 atom stereocenters.